The van der Waals surface area contributed by atoms with Gasteiger partial charge in [0.1, 0.15) is 23.4 Å². The van der Waals surface area contributed by atoms with Crippen molar-refractivity contribution >= 4 is 36.5 Å². The fraction of sp³-hybridized carbons (Fsp3) is 0.600. The lowest BCUT2D eigenvalue weighted by Gasteiger charge is -2.43. The number of ether oxygens (including phenoxy) is 2. The van der Waals surface area contributed by atoms with E-state index in [2.05, 4.69) is 23.3 Å². The number of esters is 1. The first-order valence-electron chi connectivity index (χ1n) is 11.8. The molecule has 10 nitrogen and oxygen atoms in total. The Labute approximate surface area is 218 Å². The van der Waals surface area contributed by atoms with Gasteiger partial charge in [0.2, 0.25) is 11.8 Å². The van der Waals surface area contributed by atoms with Crippen LogP contribution >= 0.6 is 12.6 Å². The summed E-state index contributed by atoms with van der Waals surface area (Å²) in [5, 5.41) is 15.0. The summed E-state index contributed by atoms with van der Waals surface area (Å²) in [5.74, 6) is -1.60. The molecule has 1 rings (SSSR count). The number of phenols is 1. The maximum atomic E-state index is 13.8. The number of rotatable bonds is 10. The molecule has 0 aliphatic heterocycles. The Morgan fingerprint density at radius 1 is 1.06 bits per heavy atom. The number of phenolic OH excluding ortho intramolecular Hbond substituents is 1. The monoisotopic (exact) mass is 525 g/mol. The fourth-order valence-electron chi connectivity index (χ4n) is 3.34. The van der Waals surface area contributed by atoms with E-state index in [4.69, 9.17) is 9.47 Å². The van der Waals surface area contributed by atoms with Gasteiger partial charge >= 0.3 is 12.1 Å². The molecule has 2 atom stereocenters. The largest absolute Gasteiger partial charge is 0.508 e. The van der Waals surface area contributed by atoms with Crippen LogP contribution in [0.3, 0.4) is 0 Å². The van der Waals surface area contributed by atoms with E-state index in [1.165, 1.54) is 29.2 Å². The smallest absolute Gasteiger partial charge is 0.408 e. The van der Waals surface area contributed by atoms with Gasteiger partial charge in [0.25, 0.3) is 0 Å². The van der Waals surface area contributed by atoms with Crippen LogP contribution in [-0.4, -0.2) is 70.0 Å². The predicted molar refractivity (Wildman–Crippen MR) is 139 cm³/mol. The van der Waals surface area contributed by atoms with Crippen LogP contribution in [0.4, 0.5) is 4.79 Å². The first-order chi connectivity index (χ1) is 16.6. The highest BCUT2D eigenvalue weighted by molar-refractivity contribution is 7.80. The molecule has 2 unspecified atom stereocenters. The van der Waals surface area contributed by atoms with Crippen molar-refractivity contribution in [3.05, 3.63) is 29.8 Å². The minimum atomic E-state index is -1.14. The molecule has 1 aromatic rings. The minimum absolute atomic E-state index is 0.00454. The van der Waals surface area contributed by atoms with Crippen LogP contribution in [0.25, 0.3) is 0 Å². The van der Waals surface area contributed by atoms with E-state index in [9.17, 15) is 24.3 Å². The van der Waals surface area contributed by atoms with Crippen LogP contribution in [0, 0.1) is 0 Å². The molecule has 0 bridgehead atoms. The zero-order valence-electron chi connectivity index (χ0n) is 22.1. The molecule has 1 aromatic carbocycles. The zero-order chi connectivity index (χ0) is 27.7. The summed E-state index contributed by atoms with van der Waals surface area (Å²) in [6.45, 7) is 12.3. The topological polar surface area (TPSA) is 134 Å². The Morgan fingerprint density at radius 3 is 2.11 bits per heavy atom. The lowest BCUT2D eigenvalue weighted by atomic mass is 9.95. The molecule has 36 heavy (non-hydrogen) atoms. The van der Waals surface area contributed by atoms with E-state index >= 15 is 0 Å². The first kappa shape index (κ1) is 31.1. The van der Waals surface area contributed by atoms with Crippen LogP contribution < -0.4 is 10.6 Å². The van der Waals surface area contributed by atoms with Crippen LogP contribution in [-0.2, 0) is 23.9 Å². The lowest BCUT2D eigenvalue weighted by molar-refractivity contribution is -0.148. The molecule has 0 saturated carbocycles. The van der Waals surface area contributed by atoms with Crippen LogP contribution in [0.2, 0.25) is 0 Å². The predicted octanol–water partition coefficient (Wildman–Crippen LogP) is 2.95. The second-order valence-corrected chi connectivity index (χ2v) is 10.5. The SMILES string of the molecule is CCOC(=O)CCNC(=O)C(c1ccc(O)cc1)N(C(=O)C(CS)NC(=O)OC(C)(C)C)C(C)(C)C. The van der Waals surface area contributed by atoms with Gasteiger partial charge in [0.15, 0.2) is 0 Å². The average Bonchev–Trinajstić information content (AvgIpc) is 2.74. The summed E-state index contributed by atoms with van der Waals surface area (Å²) >= 11 is 4.25. The van der Waals surface area contributed by atoms with Gasteiger partial charge in [-0.1, -0.05) is 12.1 Å². The quantitative estimate of drug-likeness (QED) is 0.273. The van der Waals surface area contributed by atoms with Crippen molar-refractivity contribution in [3.63, 3.8) is 0 Å². The van der Waals surface area contributed by atoms with E-state index in [-0.39, 0.29) is 31.1 Å². The number of benzene rings is 1. The number of hydrogen-bond acceptors (Lipinski definition) is 8. The van der Waals surface area contributed by atoms with Gasteiger partial charge in [0, 0.05) is 17.8 Å². The molecule has 0 aliphatic rings. The Hall–Kier alpha value is -2.95. The summed E-state index contributed by atoms with van der Waals surface area (Å²) in [4.78, 5) is 52.7. The average molecular weight is 526 g/mol. The fourth-order valence-corrected chi connectivity index (χ4v) is 3.59. The van der Waals surface area contributed by atoms with Crippen molar-refractivity contribution < 1.29 is 33.8 Å². The van der Waals surface area contributed by atoms with E-state index in [1.807, 2.05) is 0 Å². The van der Waals surface area contributed by atoms with Crippen molar-refractivity contribution in [1.82, 2.24) is 15.5 Å². The van der Waals surface area contributed by atoms with Gasteiger partial charge in [-0.25, -0.2) is 4.79 Å². The Kier molecular flexibility index (Phi) is 11.6. The third kappa shape index (κ3) is 9.96. The third-order valence-corrected chi connectivity index (χ3v) is 5.15. The van der Waals surface area contributed by atoms with E-state index in [1.54, 1.807) is 48.5 Å². The summed E-state index contributed by atoms with van der Waals surface area (Å²) in [7, 11) is 0. The molecule has 0 aliphatic carbocycles. The second kappa shape index (κ2) is 13.4. The number of amides is 3. The number of nitrogens with one attached hydrogen (secondary N) is 2. The van der Waals surface area contributed by atoms with Gasteiger partial charge in [-0.05, 0) is 66.2 Å². The highest BCUT2D eigenvalue weighted by Crippen LogP contribution is 2.31. The number of carbonyl (C=O) groups excluding carboxylic acids is 4. The maximum absolute atomic E-state index is 13.8. The van der Waals surface area contributed by atoms with Crippen LogP contribution in [0.15, 0.2) is 24.3 Å². The van der Waals surface area contributed by atoms with Crippen molar-refractivity contribution in [1.29, 1.82) is 0 Å². The van der Waals surface area contributed by atoms with Crippen LogP contribution in [0.1, 0.15) is 66.5 Å². The van der Waals surface area contributed by atoms with Crippen molar-refractivity contribution in [3.8, 4) is 5.75 Å². The molecular formula is C25H39N3O7S. The normalized spacial score (nSPS) is 13.2. The standard InChI is InChI=1S/C25H39N3O7S/c1-8-34-19(30)13-14-26-21(31)20(16-9-11-17(29)12-10-16)28(24(2,3)4)22(32)18(15-36)27-23(33)35-25(5,6)7/h9-12,18,20,29,36H,8,13-15H2,1-7H3,(H,26,31)(H,27,33). The Balaban J connectivity index is 3.35. The molecule has 202 valence electrons. The van der Waals surface area contributed by atoms with E-state index in [0.717, 1.165) is 0 Å². The summed E-state index contributed by atoms with van der Waals surface area (Å²) in [6.07, 6.45) is -0.825. The molecular weight excluding hydrogens is 486 g/mol. The molecule has 3 N–H and O–H groups in total. The highest BCUT2D eigenvalue weighted by Gasteiger charge is 2.41. The van der Waals surface area contributed by atoms with E-state index in [0.29, 0.717) is 5.56 Å². The molecule has 0 saturated heterocycles. The molecule has 0 radical (unpaired) electrons. The van der Waals surface area contributed by atoms with Gasteiger partial charge in [-0.3, -0.25) is 14.4 Å². The zero-order valence-corrected chi connectivity index (χ0v) is 23.0. The first-order valence-corrected chi connectivity index (χ1v) is 12.4. The van der Waals surface area contributed by atoms with Gasteiger partial charge < -0.3 is 30.1 Å². The second-order valence-electron chi connectivity index (χ2n) is 10.1. The van der Waals surface area contributed by atoms with Crippen molar-refractivity contribution in [2.75, 3.05) is 18.9 Å². The molecule has 3 amide bonds. The number of thiol groups is 1. The van der Waals surface area contributed by atoms with Crippen molar-refractivity contribution in [2.24, 2.45) is 0 Å². The Morgan fingerprint density at radius 2 is 1.64 bits per heavy atom. The highest BCUT2D eigenvalue weighted by atomic mass is 32.1. The summed E-state index contributed by atoms with van der Waals surface area (Å²) in [6, 6.07) is 3.67. The number of carbonyl (C=O) groups is 4. The number of hydrogen-bond donors (Lipinski definition) is 4. The minimum Gasteiger partial charge on any atom is -0.508 e. The lowest BCUT2D eigenvalue weighted by Crippen LogP contribution is -2.59. The number of nitrogens with zero attached hydrogens (tertiary/aromatic N) is 1. The Bertz CT molecular complexity index is 908. The van der Waals surface area contributed by atoms with Gasteiger partial charge in [0.05, 0.1) is 13.0 Å². The molecule has 11 heteroatoms. The third-order valence-electron chi connectivity index (χ3n) is 4.78. The molecule has 0 fully saturated rings. The van der Waals surface area contributed by atoms with Gasteiger partial charge in [-0.2, -0.15) is 12.6 Å². The maximum Gasteiger partial charge on any atom is 0.408 e. The van der Waals surface area contributed by atoms with Crippen LogP contribution in [0.5, 0.6) is 5.75 Å². The summed E-state index contributed by atoms with van der Waals surface area (Å²) < 4.78 is 10.2. The summed E-state index contributed by atoms with van der Waals surface area (Å²) in [5.41, 5.74) is -1.22. The van der Waals surface area contributed by atoms with Gasteiger partial charge in [-0.15, -0.1) is 0 Å². The van der Waals surface area contributed by atoms with Crippen molar-refractivity contribution in [2.45, 2.75) is 78.1 Å². The van der Waals surface area contributed by atoms with E-state index < -0.39 is 47.1 Å². The number of alkyl carbamates (subject to hydrolysis) is 1. The molecule has 0 spiro atoms. The number of aromatic hydroxyl groups is 1. The molecule has 0 heterocycles. The molecule has 0 aromatic heterocycles.